The molecule has 0 atom stereocenters. The molecular formula is C24H25N7O3. The average Bonchev–Trinajstić information content (AvgIpc) is 2.84. The summed E-state index contributed by atoms with van der Waals surface area (Å²) in [7, 11) is 1.64. The Morgan fingerprint density at radius 2 is 1.97 bits per heavy atom. The van der Waals surface area contributed by atoms with Crippen molar-refractivity contribution in [3.8, 4) is 11.3 Å². The maximum absolute atomic E-state index is 13.1. The fourth-order valence-corrected chi connectivity index (χ4v) is 4.55. The van der Waals surface area contributed by atoms with Gasteiger partial charge < -0.3 is 15.4 Å². The molecule has 1 aliphatic rings. The van der Waals surface area contributed by atoms with Crippen LogP contribution in [0.1, 0.15) is 18.9 Å². The third-order valence-corrected chi connectivity index (χ3v) is 6.28. The Kier molecular flexibility index (Phi) is 5.58. The predicted molar refractivity (Wildman–Crippen MR) is 130 cm³/mol. The van der Waals surface area contributed by atoms with Crippen molar-refractivity contribution in [2.45, 2.75) is 18.9 Å². The fraction of sp³-hybridized carbons (Fsp3) is 0.292. The number of nitrogens with zero attached hydrogens (tertiary/aromatic N) is 5. The second-order valence-electron chi connectivity index (χ2n) is 8.40. The molecule has 0 aliphatic carbocycles. The van der Waals surface area contributed by atoms with Crippen molar-refractivity contribution in [3.63, 3.8) is 0 Å². The first-order chi connectivity index (χ1) is 16.5. The highest BCUT2D eigenvalue weighted by molar-refractivity contribution is 6.01. The van der Waals surface area contributed by atoms with Crippen LogP contribution >= 0.6 is 0 Å². The van der Waals surface area contributed by atoms with Gasteiger partial charge in [0.2, 0.25) is 0 Å². The molecule has 0 amide bonds. The Hall–Kier alpha value is -4.05. The van der Waals surface area contributed by atoms with E-state index >= 15 is 0 Å². The van der Waals surface area contributed by atoms with Crippen LogP contribution in [-0.4, -0.2) is 56.2 Å². The number of aromatic amines is 1. The lowest BCUT2D eigenvalue weighted by atomic mass is 10.0. The molecule has 5 heterocycles. The largest absolute Gasteiger partial charge is 0.384 e. The van der Waals surface area contributed by atoms with Gasteiger partial charge in [0.05, 0.1) is 28.7 Å². The van der Waals surface area contributed by atoms with Crippen molar-refractivity contribution in [1.29, 1.82) is 0 Å². The van der Waals surface area contributed by atoms with Gasteiger partial charge in [-0.1, -0.05) is 6.58 Å². The van der Waals surface area contributed by atoms with Gasteiger partial charge >= 0.3 is 5.69 Å². The van der Waals surface area contributed by atoms with Gasteiger partial charge in [-0.2, -0.15) is 0 Å². The molecule has 1 fully saturated rings. The van der Waals surface area contributed by atoms with E-state index in [9.17, 15) is 9.59 Å². The van der Waals surface area contributed by atoms with Gasteiger partial charge in [-0.15, -0.1) is 0 Å². The lowest BCUT2D eigenvalue weighted by molar-refractivity contribution is 0.163. The second kappa shape index (κ2) is 8.71. The van der Waals surface area contributed by atoms with Crippen molar-refractivity contribution in [2.24, 2.45) is 0 Å². The van der Waals surface area contributed by atoms with Crippen LogP contribution in [0.25, 0.3) is 33.2 Å². The normalized spacial score (nSPS) is 14.7. The van der Waals surface area contributed by atoms with Crippen molar-refractivity contribution >= 4 is 27.8 Å². The minimum absolute atomic E-state index is 0.104. The van der Waals surface area contributed by atoms with E-state index in [-0.39, 0.29) is 6.04 Å². The molecule has 0 unspecified atom stereocenters. The molecule has 4 aromatic rings. The van der Waals surface area contributed by atoms with Crippen LogP contribution in [0.5, 0.6) is 0 Å². The maximum Gasteiger partial charge on any atom is 0.329 e. The van der Waals surface area contributed by atoms with E-state index in [1.54, 1.807) is 23.9 Å². The number of hydrogen-bond donors (Lipinski definition) is 2. The van der Waals surface area contributed by atoms with E-state index in [1.165, 1.54) is 6.20 Å². The summed E-state index contributed by atoms with van der Waals surface area (Å²) in [5.41, 5.74) is 8.74. The highest BCUT2D eigenvalue weighted by Crippen LogP contribution is 2.29. The van der Waals surface area contributed by atoms with E-state index in [0.29, 0.717) is 40.1 Å². The third-order valence-electron chi connectivity index (χ3n) is 6.28. The number of piperidine rings is 1. The fourth-order valence-electron chi connectivity index (χ4n) is 4.55. The highest BCUT2D eigenvalue weighted by atomic mass is 16.5. The molecule has 5 rings (SSSR count). The molecule has 4 aromatic heterocycles. The first kappa shape index (κ1) is 21.8. The van der Waals surface area contributed by atoms with Gasteiger partial charge in [0.25, 0.3) is 5.56 Å². The number of aromatic nitrogens is 5. The van der Waals surface area contributed by atoms with Crippen LogP contribution in [0.2, 0.25) is 0 Å². The average molecular weight is 460 g/mol. The molecule has 10 heteroatoms. The number of H-pyrrole nitrogens is 1. The summed E-state index contributed by atoms with van der Waals surface area (Å²) in [5, 5.41) is 0.332. The van der Waals surface area contributed by atoms with Gasteiger partial charge in [-0.05, 0) is 37.1 Å². The Labute approximate surface area is 194 Å². The summed E-state index contributed by atoms with van der Waals surface area (Å²) in [6.45, 7) is 6.02. The van der Waals surface area contributed by atoms with Crippen LogP contribution in [0.3, 0.4) is 0 Å². The van der Waals surface area contributed by atoms with Crippen molar-refractivity contribution < 1.29 is 4.74 Å². The van der Waals surface area contributed by atoms with Crippen LogP contribution < -0.4 is 17.0 Å². The molecule has 1 aliphatic heterocycles. The first-order valence-corrected chi connectivity index (χ1v) is 11.0. The lowest BCUT2D eigenvalue weighted by Crippen LogP contribution is -2.40. The number of fused-ring (bicyclic) bond motifs is 3. The van der Waals surface area contributed by atoms with Crippen LogP contribution in [0, 0.1) is 0 Å². The van der Waals surface area contributed by atoms with Gasteiger partial charge in [0.1, 0.15) is 11.3 Å². The van der Waals surface area contributed by atoms with E-state index in [4.69, 9.17) is 15.5 Å². The van der Waals surface area contributed by atoms with Crippen molar-refractivity contribution in [2.75, 3.05) is 32.5 Å². The first-order valence-electron chi connectivity index (χ1n) is 11.0. The zero-order chi connectivity index (χ0) is 23.8. The zero-order valence-electron chi connectivity index (χ0n) is 18.8. The van der Waals surface area contributed by atoms with Crippen LogP contribution in [0.4, 0.5) is 5.82 Å². The zero-order valence-corrected chi connectivity index (χ0v) is 18.8. The highest BCUT2D eigenvalue weighted by Gasteiger charge is 2.25. The molecule has 34 heavy (non-hydrogen) atoms. The number of methoxy groups -OCH3 is 1. The Bertz CT molecular complexity index is 1500. The molecule has 174 valence electrons. The van der Waals surface area contributed by atoms with E-state index < -0.39 is 11.2 Å². The lowest BCUT2D eigenvalue weighted by Gasteiger charge is -2.35. The Morgan fingerprint density at radius 1 is 1.18 bits per heavy atom. The quantitative estimate of drug-likeness (QED) is 0.434. The monoisotopic (exact) mass is 459 g/mol. The molecule has 0 aromatic carbocycles. The summed E-state index contributed by atoms with van der Waals surface area (Å²) in [6.07, 6.45) is 4.59. The van der Waals surface area contributed by atoms with Crippen molar-refractivity contribution in [3.05, 3.63) is 69.8 Å². The van der Waals surface area contributed by atoms with Crippen molar-refractivity contribution in [1.82, 2.24) is 29.4 Å². The van der Waals surface area contributed by atoms with Crippen LogP contribution in [-0.2, 0) is 4.74 Å². The number of nitrogen functional groups attached to an aromatic ring is 1. The summed E-state index contributed by atoms with van der Waals surface area (Å²) in [6, 6.07) is 7.10. The minimum Gasteiger partial charge on any atom is -0.384 e. The molecule has 0 saturated carbocycles. The molecule has 10 nitrogen and oxygen atoms in total. The number of nitrogens with two attached hydrogens (primary N) is 1. The maximum atomic E-state index is 13.1. The molecular weight excluding hydrogens is 434 g/mol. The van der Waals surface area contributed by atoms with E-state index in [2.05, 4.69) is 26.4 Å². The Morgan fingerprint density at radius 3 is 2.68 bits per heavy atom. The number of rotatable bonds is 5. The SMILES string of the molecule is C=C(COC)N1CCC(n2c(=O)[nH]c(=O)c3cnc4ccc(-c5ccc(N)nc5)nc4c32)CC1. The Balaban J connectivity index is 1.65. The van der Waals surface area contributed by atoms with E-state index in [1.807, 2.05) is 18.2 Å². The van der Waals surface area contributed by atoms with Gasteiger partial charge in [-0.3, -0.25) is 19.3 Å². The van der Waals surface area contributed by atoms with Gasteiger partial charge in [-0.25, -0.2) is 14.8 Å². The number of ether oxygens (including phenoxy) is 1. The number of hydrogen-bond acceptors (Lipinski definition) is 8. The molecule has 0 spiro atoms. The summed E-state index contributed by atoms with van der Waals surface area (Å²) >= 11 is 0. The summed E-state index contributed by atoms with van der Waals surface area (Å²) in [4.78, 5) is 43.8. The predicted octanol–water partition coefficient (Wildman–Crippen LogP) is 2.07. The molecule has 0 bridgehead atoms. The third kappa shape index (κ3) is 3.81. The minimum atomic E-state index is -0.474. The smallest absolute Gasteiger partial charge is 0.329 e. The molecule has 1 saturated heterocycles. The van der Waals surface area contributed by atoms with Gasteiger partial charge in [0.15, 0.2) is 0 Å². The topological polar surface area (TPSA) is 132 Å². The summed E-state index contributed by atoms with van der Waals surface area (Å²) in [5.74, 6) is 0.413. The van der Waals surface area contributed by atoms with Crippen LogP contribution in [0.15, 0.2) is 58.5 Å². The number of pyridine rings is 3. The molecule has 3 N–H and O–H groups in total. The number of nitrogens with one attached hydrogen (secondary N) is 1. The standard InChI is InChI=1S/C24H25N7O3/c1-14(13-34-2)30-9-7-16(8-10-30)31-22-17(23(32)29-24(31)33)12-26-19-5-4-18(28-21(19)22)15-3-6-20(25)27-11-15/h3-6,11-12,16H,1,7-10,13H2,2H3,(H2,25,27)(H,29,32,33). The second-order valence-corrected chi connectivity index (χ2v) is 8.40. The summed E-state index contributed by atoms with van der Waals surface area (Å²) < 4.78 is 6.87. The van der Waals surface area contributed by atoms with Gasteiger partial charge in [0, 0.05) is 49.9 Å². The molecule has 0 radical (unpaired) electrons. The number of likely N-dealkylation sites (tertiary alicyclic amines) is 1. The van der Waals surface area contributed by atoms with E-state index in [0.717, 1.165) is 37.2 Å². The number of anilines is 1.